The number of amides is 1. The second kappa shape index (κ2) is 10.4. The Kier molecular flexibility index (Phi) is 7.69. The molecule has 1 aliphatic carbocycles. The van der Waals surface area contributed by atoms with Gasteiger partial charge in [0.1, 0.15) is 10.8 Å². The van der Waals surface area contributed by atoms with Gasteiger partial charge in [-0.25, -0.2) is 4.79 Å². The molecule has 0 fully saturated rings. The summed E-state index contributed by atoms with van der Waals surface area (Å²) in [5.74, 6) is 0.685. The number of para-hydroxylation sites is 1. The van der Waals surface area contributed by atoms with Crippen molar-refractivity contribution >= 4 is 34.3 Å². The van der Waals surface area contributed by atoms with E-state index in [-0.39, 0.29) is 11.9 Å². The molecular weight excluding hydrogens is 398 g/mol. The van der Waals surface area contributed by atoms with Crippen LogP contribution in [0.4, 0.5) is 5.00 Å². The van der Waals surface area contributed by atoms with Crippen molar-refractivity contribution in [3.05, 3.63) is 51.9 Å². The molecule has 3 rings (SSSR count). The van der Waals surface area contributed by atoms with Crippen molar-refractivity contribution in [3.8, 4) is 5.75 Å². The van der Waals surface area contributed by atoms with Crippen LogP contribution < -0.4 is 10.1 Å². The first kappa shape index (κ1) is 22.1. The number of anilines is 1. The first-order valence-electron chi connectivity index (χ1n) is 10.6. The van der Waals surface area contributed by atoms with E-state index in [2.05, 4.69) is 19.2 Å². The van der Waals surface area contributed by atoms with Crippen molar-refractivity contribution in [3.63, 3.8) is 0 Å². The molecular formula is C24H29NO4S. The van der Waals surface area contributed by atoms with Gasteiger partial charge in [0.25, 0.3) is 0 Å². The molecule has 1 atom stereocenters. The molecule has 0 spiro atoms. The predicted molar refractivity (Wildman–Crippen MR) is 121 cm³/mol. The van der Waals surface area contributed by atoms with Gasteiger partial charge in [-0.1, -0.05) is 32.0 Å². The van der Waals surface area contributed by atoms with Crippen LogP contribution in [0.1, 0.15) is 60.0 Å². The molecule has 0 radical (unpaired) electrons. The number of carbonyl (C=O) groups is 2. The number of esters is 1. The standard InChI is InChI=1S/C24H29NO4S/c1-4-14-29-19-9-7-6-8-17(19)11-13-21(26)25-23-22(24(27)28-5-2)18-12-10-16(3)15-20(18)30-23/h6-9,11,13,16H,4-5,10,12,14-15H2,1-3H3,(H,25,26)/b13-11+. The van der Waals surface area contributed by atoms with Crippen LogP contribution in [0.2, 0.25) is 0 Å². The van der Waals surface area contributed by atoms with Crippen LogP contribution in [0, 0.1) is 5.92 Å². The van der Waals surface area contributed by atoms with E-state index in [4.69, 9.17) is 9.47 Å². The number of carbonyl (C=O) groups excluding carboxylic acids is 2. The van der Waals surface area contributed by atoms with Crippen molar-refractivity contribution in [2.45, 2.75) is 46.5 Å². The Morgan fingerprint density at radius 1 is 1.27 bits per heavy atom. The highest BCUT2D eigenvalue weighted by atomic mass is 32.1. The molecule has 2 aromatic rings. The number of hydrogen-bond acceptors (Lipinski definition) is 5. The van der Waals surface area contributed by atoms with Crippen molar-refractivity contribution in [1.82, 2.24) is 0 Å². The smallest absolute Gasteiger partial charge is 0.341 e. The summed E-state index contributed by atoms with van der Waals surface area (Å²) in [6, 6.07) is 7.61. The summed E-state index contributed by atoms with van der Waals surface area (Å²) in [5.41, 5.74) is 2.40. The van der Waals surface area contributed by atoms with Crippen LogP contribution in [-0.2, 0) is 22.4 Å². The predicted octanol–water partition coefficient (Wildman–Crippen LogP) is 5.49. The van der Waals surface area contributed by atoms with Gasteiger partial charge in [0.2, 0.25) is 5.91 Å². The highest BCUT2D eigenvalue weighted by Gasteiger charge is 2.28. The lowest BCUT2D eigenvalue weighted by molar-refractivity contribution is -0.111. The fourth-order valence-corrected chi connectivity index (χ4v) is 4.94. The zero-order chi connectivity index (χ0) is 21.5. The molecule has 0 saturated heterocycles. The third-order valence-corrected chi connectivity index (χ3v) is 6.19. The summed E-state index contributed by atoms with van der Waals surface area (Å²) in [6.45, 7) is 6.98. The molecule has 160 valence electrons. The minimum atomic E-state index is -0.359. The van der Waals surface area contributed by atoms with Crippen LogP contribution in [0.3, 0.4) is 0 Å². The van der Waals surface area contributed by atoms with Crippen molar-refractivity contribution in [1.29, 1.82) is 0 Å². The van der Waals surface area contributed by atoms with Crippen LogP contribution in [0.5, 0.6) is 5.75 Å². The van der Waals surface area contributed by atoms with Gasteiger partial charge < -0.3 is 14.8 Å². The minimum absolute atomic E-state index is 0.280. The number of nitrogens with one attached hydrogen (secondary N) is 1. The van der Waals surface area contributed by atoms with E-state index < -0.39 is 0 Å². The first-order chi connectivity index (χ1) is 14.5. The maximum absolute atomic E-state index is 12.6. The minimum Gasteiger partial charge on any atom is -0.493 e. The van der Waals surface area contributed by atoms with Gasteiger partial charge in [-0.2, -0.15) is 0 Å². The van der Waals surface area contributed by atoms with E-state index in [1.165, 1.54) is 22.3 Å². The second-order valence-corrected chi connectivity index (χ2v) is 8.59. The van der Waals surface area contributed by atoms with E-state index in [1.54, 1.807) is 13.0 Å². The first-order valence-corrected chi connectivity index (χ1v) is 11.4. The highest BCUT2D eigenvalue weighted by molar-refractivity contribution is 7.17. The summed E-state index contributed by atoms with van der Waals surface area (Å²) >= 11 is 1.49. The van der Waals surface area contributed by atoms with Gasteiger partial charge in [-0.3, -0.25) is 4.79 Å². The number of rotatable bonds is 8. The topological polar surface area (TPSA) is 64.6 Å². The number of benzene rings is 1. The van der Waals surface area contributed by atoms with Crippen LogP contribution in [0.25, 0.3) is 6.08 Å². The van der Waals surface area contributed by atoms with Gasteiger partial charge in [0.05, 0.1) is 18.8 Å². The molecule has 0 aliphatic heterocycles. The molecule has 1 N–H and O–H groups in total. The Morgan fingerprint density at radius 3 is 2.83 bits per heavy atom. The number of fused-ring (bicyclic) bond motifs is 1. The Labute approximate surface area is 182 Å². The quantitative estimate of drug-likeness (QED) is 0.447. The number of thiophene rings is 1. The molecule has 6 heteroatoms. The summed E-state index contributed by atoms with van der Waals surface area (Å²) in [4.78, 5) is 26.4. The lowest BCUT2D eigenvalue weighted by atomic mass is 9.88. The highest BCUT2D eigenvalue weighted by Crippen LogP contribution is 2.40. The molecule has 30 heavy (non-hydrogen) atoms. The third kappa shape index (κ3) is 5.30. The largest absolute Gasteiger partial charge is 0.493 e. The maximum atomic E-state index is 12.6. The molecule has 5 nitrogen and oxygen atoms in total. The van der Waals surface area contributed by atoms with Crippen molar-refractivity contribution in [2.75, 3.05) is 18.5 Å². The Balaban J connectivity index is 1.80. The van der Waals surface area contributed by atoms with E-state index in [0.29, 0.717) is 29.7 Å². The van der Waals surface area contributed by atoms with Gasteiger partial charge in [0, 0.05) is 16.5 Å². The summed E-state index contributed by atoms with van der Waals surface area (Å²) in [6.07, 6.45) is 6.94. The molecule has 1 unspecified atom stereocenters. The van der Waals surface area contributed by atoms with Crippen molar-refractivity contribution < 1.29 is 19.1 Å². The molecule has 1 aliphatic rings. The Bertz CT molecular complexity index is 931. The fraction of sp³-hybridized carbons (Fsp3) is 0.417. The molecule has 1 aromatic carbocycles. The molecule has 0 saturated carbocycles. The second-order valence-electron chi connectivity index (χ2n) is 7.49. The molecule has 1 heterocycles. The van der Waals surface area contributed by atoms with E-state index in [0.717, 1.165) is 42.6 Å². The Morgan fingerprint density at radius 2 is 2.07 bits per heavy atom. The van der Waals surface area contributed by atoms with Gasteiger partial charge in [-0.15, -0.1) is 11.3 Å². The maximum Gasteiger partial charge on any atom is 0.341 e. The van der Waals surface area contributed by atoms with Crippen molar-refractivity contribution in [2.24, 2.45) is 5.92 Å². The zero-order valence-corrected chi connectivity index (χ0v) is 18.6. The lowest BCUT2D eigenvalue weighted by Crippen LogP contribution is -2.15. The third-order valence-electron chi connectivity index (χ3n) is 5.02. The van der Waals surface area contributed by atoms with Gasteiger partial charge >= 0.3 is 5.97 Å². The summed E-state index contributed by atoms with van der Waals surface area (Å²) in [7, 11) is 0. The zero-order valence-electron chi connectivity index (χ0n) is 17.8. The normalized spacial score (nSPS) is 15.6. The van der Waals surface area contributed by atoms with Crippen LogP contribution in [-0.4, -0.2) is 25.1 Å². The lowest BCUT2D eigenvalue weighted by Gasteiger charge is -2.18. The van der Waals surface area contributed by atoms with E-state index >= 15 is 0 Å². The summed E-state index contributed by atoms with van der Waals surface area (Å²) in [5, 5.41) is 3.49. The summed E-state index contributed by atoms with van der Waals surface area (Å²) < 4.78 is 11.0. The molecule has 0 bridgehead atoms. The fourth-order valence-electron chi connectivity index (χ4n) is 3.54. The number of ether oxygens (including phenoxy) is 2. The van der Waals surface area contributed by atoms with Crippen LogP contribution in [0.15, 0.2) is 30.3 Å². The van der Waals surface area contributed by atoms with Crippen LogP contribution >= 0.6 is 11.3 Å². The number of hydrogen-bond donors (Lipinski definition) is 1. The monoisotopic (exact) mass is 427 g/mol. The molecule has 1 aromatic heterocycles. The van der Waals surface area contributed by atoms with Gasteiger partial charge in [0.15, 0.2) is 0 Å². The van der Waals surface area contributed by atoms with E-state index in [1.807, 2.05) is 24.3 Å². The van der Waals surface area contributed by atoms with Gasteiger partial charge in [-0.05, 0) is 56.2 Å². The SMILES string of the molecule is CCCOc1ccccc1/C=C/C(=O)Nc1sc2c(c1C(=O)OCC)CCC(C)C2. The average molecular weight is 428 g/mol. The van der Waals surface area contributed by atoms with E-state index in [9.17, 15) is 9.59 Å². The molecule has 1 amide bonds. The average Bonchev–Trinajstić information content (AvgIpc) is 3.08. The Hall–Kier alpha value is -2.60.